The van der Waals surface area contributed by atoms with Gasteiger partial charge >= 0.3 is 5.97 Å². The van der Waals surface area contributed by atoms with E-state index in [1.807, 2.05) is 0 Å². The van der Waals surface area contributed by atoms with Crippen LogP contribution in [-0.4, -0.2) is 27.5 Å². The fraction of sp³-hybridized carbons (Fsp3) is 0.154. The fourth-order valence-corrected chi connectivity index (χ4v) is 1.87. The number of nitriles is 1. The van der Waals surface area contributed by atoms with E-state index in [2.05, 4.69) is 15.0 Å². The Bertz CT molecular complexity index is 830. The predicted octanol–water partition coefficient (Wildman–Crippen LogP) is 1.54. The maximum atomic E-state index is 11.7. The third-order valence-corrected chi connectivity index (χ3v) is 2.80. The highest BCUT2D eigenvalue weighted by molar-refractivity contribution is 7.71. The van der Waals surface area contributed by atoms with E-state index in [1.165, 1.54) is 12.3 Å². The Balaban J connectivity index is 2.50. The molecular weight excluding hydrogens is 292 g/mol. The summed E-state index contributed by atoms with van der Waals surface area (Å²) in [6.07, 6.45) is 1.37. The van der Waals surface area contributed by atoms with Gasteiger partial charge in [0, 0.05) is 11.8 Å². The predicted molar refractivity (Wildman–Crippen MR) is 76.1 cm³/mol. The molecule has 0 unspecified atom stereocenters. The van der Waals surface area contributed by atoms with Crippen LogP contribution in [0, 0.1) is 16.1 Å². The first-order chi connectivity index (χ1) is 10.1. The molecule has 0 radical (unpaired) electrons. The summed E-state index contributed by atoms with van der Waals surface area (Å²) in [5.41, 5.74) is 0.188. The van der Waals surface area contributed by atoms with Gasteiger partial charge in [-0.25, -0.2) is 9.78 Å². The van der Waals surface area contributed by atoms with Crippen molar-refractivity contribution in [1.82, 2.24) is 15.0 Å². The number of carbonyl (C=O) groups is 1. The maximum absolute atomic E-state index is 11.7. The molecule has 0 aliphatic rings. The molecule has 0 spiro atoms. The molecule has 0 amide bonds. The zero-order valence-corrected chi connectivity index (χ0v) is 11.8. The summed E-state index contributed by atoms with van der Waals surface area (Å²) >= 11 is 4.88. The lowest BCUT2D eigenvalue weighted by atomic mass is 10.1. The minimum atomic E-state index is -0.578. The second-order valence-electron chi connectivity index (χ2n) is 3.92. The lowest BCUT2D eigenvalue weighted by molar-refractivity contribution is 0.0519. The van der Waals surface area contributed by atoms with Gasteiger partial charge in [0.05, 0.1) is 12.3 Å². The van der Waals surface area contributed by atoms with Crippen LogP contribution in [-0.2, 0) is 4.74 Å². The number of pyridine rings is 1. The average Bonchev–Trinajstić information content (AvgIpc) is 2.47. The van der Waals surface area contributed by atoms with Gasteiger partial charge < -0.3 is 9.72 Å². The SMILES string of the molecule is CCOC(=O)c1ccc(-c2[nH]c(=S)[nH]c(=O)c2C#N)cn1. The number of carbonyl (C=O) groups excluding carboxylic acids is 1. The standard InChI is InChI=1S/C13H10N4O3S/c1-2-20-12(19)9-4-3-7(6-15-9)10-8(5-14)11(18)17-13(21)16-10/h3-4,6H,2H2,1H3,(H2,16,17,18,21). The smallest absolute Gasteiger partial charge is 0.356 e. The van der Waals surface area contributed by atoms with E-state index in [-0.39, 0.29) is 28.3 Å². The molecule has 2 N–H and O–H groups in total. The minimum Gasteiger partial charge on any atom is -0.461 e. The molecule has 0 aliphatic carbocycles. The number of nitrogens with one attached hydrogen (secondary N) is 2. The summed E-state index contributed by atoms with van der Waals surface area (Å²) in [7, 11) is 0. The summed E-state index contributed by atoms with van der Waals surface area (Å²) in [4.78, 5) is 32.2. The van der Waals surface area contributed by atoms with Crippen molar-refractivity contribution in [2.45, 2.75) is 6.92 Å². The van der Waals surface area contributed by atoms with Gasteiger partial charge in [0.15, 0.2) is 4.77 Å². The number of aromatic amines is 2. The summed E-state index contributed by atoms with van der Waals surface area (Å²) in [6.45, 7) is 1.95. The summed E-state index contributed by atoms with van der Waals surface area (Å²) < 4.78 is 4.92. The number of rotatable bonds is 3. The van der Waals surface area contributed by atoms with Crippen LogP contribution in [0.15, 0.2) is 23.1 Å². The first-order valence-electron chi connectivity index (χ1n) is 5.97. The van der Waals surface area contributed by atoms with Crippen molar-refractivity contribution in [1.29, 1.82) is 5.26 Å². The number of hydrogen-bond donors (Lipinski definition) is 2. The van der Waals surface area contributed by atoms with Crippen molar-refractivity contribution in [2.75, 3.05) is 6.61 Å². The van der Waals surface area contributed by atoms with Gasteiger partial charge in [0.1, 0.15) is 17.3 Å². The number of hydrogen-bond acceptors (Lipinski definition) is 6. The van der Waals surface area contributed by atoms with E-state index in [0.29, 0.717) is 5.56 Å². The molecule has 0 saturated heterocycles. The number of ether oxygens (including phenoxy) is 1. The van der Waals surface area contributed by atoms with Crippen LogP contribution in [0.2, 0.25) is 0 Å². The topological polar surface area (TPSA) is 112 Å². The van der Waals surface area contributed by atoms with Crippen LogP contribution < -0.4 is 5.56 Å². The third-order valence-electron chi connectivity index (χ3n) is 2.59. The summed E-state index contributed by atoms with van der Waals surface area (Å²) in [6, 6.07) is 4.81. The Morgan fingerprint density at radius 2 is 2.24 bits per heavy atom. The van der Waals surface area contributed by atoms with Crippen LogP contribution in [0.25, 0.3) is 11.3 Å². The van der Waals surface area contributed by atoms with Gasteiger partial charge in [-0.1, -0.05) is 0 Å². The van der Waals surface area contributed by atoms with Crippen molar-refractivity contribution in [3.05, 3.63) is 44.7 Å². The van der Waals surface area contributed by atoms with E-state index in [0.717, 1.165) is 0 Å². The lowest BCUT2D eigenvalue weighted by Crippen LogP contribution is -2.14. The van der Waals surface area contributed by atoms with Gasteiger partial charge in [0.2, 0.25) is 0 Å². The molecular formula is C13H10N4O3S. The largest absolute Gasteiger partial charge is 0.461 e. The Labute approximate surface area is 124 Å². The Hall–Kier alpha value is -2.79. The van der Waals surface area contributed by atoms with Gasteiger partial charge in [-0.15, -0.1) is 0 Å². The van der Waals surface area contributed by atoms with Crippen molar-refractivity contribution in [3.63, 3.8) is 0 Å². The van der Waals surface area contributed by atoms with Crippen LogP contribution >= 0.6 is 12.2 Å². The molecule has 0 atom stereocenters. The van der Waals surface area contributed by atoms with Crippen molar-refractivity contribution in [3.8, 4) is 17.3 Å². The molecule has 0 fully saturated rings. The summed E-state index contributed by atoms with van der Waals surface area (Å²) in [5, 5.41) is 9.05. The molecule has 0 aliphatic heterocycles. The normalized spacial score (nSPS) is 9.90. The van der Waals surface area contributed by atoms with Crippen molar-refractivity contribution < 1.29 is 9.53 Å². The molecule has 8 heteroatoms. The number of H-pyrrole nitrogens is 2. The van der Waals surface area contributed by atoms with Crippen molar-refractivity contribution in [2.24, 2.45) is 0 Å². The van der Waals surface area contributed by atoms with E-state index in [9.17, 15) is 9.59 Å². The molecule has 2 aromatic rings. The van der Waals surface area contributed by atoms with E-state index >= 15 is 0 Å². The first-order valence-corrected chi connectivity index (χ1v) is 6.38. The van der Waals surface area contributed by atoms with Crippen LogP contribution in [0.5, 0.6) is 0 Å². The highest BCUT2D eigenvalue weighted by atomic mass is 32.1. The minimum absolute atomic E-state index is 0.100. The highest BCUT2D eigenvalue weighted by Crippen LogP contribution is 2.17. The molecule has 2 heterocycles. The molecule has 0 aromatic carbocycles. The highest BCUT2D eigenvalue weighted by Gasteiger charge is 2.12. The zero-order chi connectivity index (χ0) is 15.4. The summed E-state index contributed by atoms with van der Waals surface area (Å²) in [5.74, 6) is -0.539. The maximum Gasteiger partial charge on any atom is 0.356 e. The Morgan fingerprint density at radius 3 is 2.81 bits per heavy atom. The van der Waals surface area contributed by atoms with Crippen molar-refractivity contribution >= 4 is 18.2 Å². The van der Waals surface area contributed by atoms with Gasteiger partial charge in [-0.2, -0.15) is 5.26 Å². The second-order valence-corrected chi connectivity index (χ2v) is 4.33. The fourth-order valence-electron chi connectivity index (χ4n) is 1.68. The number of aromatic nitrogens is 3. The van der Waals surface area contributed by atoms with E-state index < -0.39 is 11.5 Å². The molecule has 0 saturated carbocycles. The Morgan fingerprint density at radius 1 is 1.48 bits per heavy atom. The molecule has 7 nitrogen and oxygen atoms in total. The molecule has 2 aromatic heterocycles. The zero-order valence-electron chi connectivity index (χ0n) is 11.0. The average molecular weight is 302 g/mol. The van der Waals surface area contributed by atoms with Gasteiger partial charge in [-0.3, -0.25) is 9.78 Å². The van der Waals surface area contributed by atoms with Crippen LogP contribution in [0.4, 0.5) is 0 Å². The van der Waals surface area contributed by atoms with E-state index in [4.69, 9.17) is 22.2 Å². The first kappa shape index (κ1) is 14.6. The third kappa shape index (κ3) is 3.04. The quantitative estimate of drug-likeness (QED) is 0.657. The molecule has 0 bridgehead atoms. The number of esters is 1. The van der Waals surface area contributed by atoms with Crippen LogP contribution in [0.3, 0.4) is 0 Å². The van der Waals surface area contributed by atoms with Crippen LogP contribution in [0.1, 0.15) is 23.0 Å². The van der Waals surface area contributed by atoms with E-state index in [1.54, 1.807) is 19.1 Å². The lowest BCUT2D eigenvalue weighted by Gasteiger charge is -2.05. The number of nitrogens with zero attached hydrogens (tertiary/aromatic N) is 2. The molecule has 106 valence electrons. The Kier molecular flexibility index (Phi) is 4.25. The molecule has 2 rings (SSSR count). The monoisotopic (exact) mass is 302 g/mol. The second kappa shape index (κ2) is 6.11. The van der Waals surface area contributed by atoms with Gasteiger partial charge in [-0.05, 0) is 31.3 Å². The molecule has 21 heavy (non-hydrogen) atoms. The van der Waals surface area contributed by atoms with Gasteiger partial charge in [0.25, 0.3) is 5.56 Å².